The lowest BCUT2D eigenvalue weighted by Gasteiger charge is -2.24. The van der Waals surface area contributed by atoms with Gasteiger partial charge in [-0.1, -0.05) is 127 Å². The Morgan fingerprint density at radius 3 is 1.91 bits per heavy atom. The van der Waals surface area contributed by atoms with Gasteiger partial charge in [0.15, 0.2) is 0 Å². The Kier molecular flexibility index (Phi) is 10.9. The van der Waals surface area contributed by atoms with Gasteiger partial charge in [0.25, 0.3) is 0 Å². The van der Waals surface area contributed by atoms with Crippen LogP contribution in [0.3, 0.4) is 0 Å². The van der Waals surface area contributed by atoms with Gasteiger partial charge in [0.2, 0.25) is 0 Å². The van der Waals surface area contributed by atoms with E-state index < -0.39 is 0 Å². The number of pyridine rings is 1. The van der Waals surface area contributed by atoms with Gasteiger partial charge in [-0.2, -0.15) is 0 Å². The molecule has 1 aromatic heterocycles. The molecule has 1 atom stereocenters. The molecule has 2 heterocycles. The molecule has 0 saturated heterocycles. The molecule has 4 heteroatoms. The molecule has 0 bridgehead atoms. The minimum absolute atomic E-state index is 0.157. The number of nitrogens with one attached hydrogen (secondary N) is 3. The highest BCUT2D eigenvalue weighted by atomic mass is 15.0. The molecule has 0 aliphatic carbocycles. The van der Waals surface area contributed by atoms with Crippen molar-refractivity contribution in [1.82, 2.24) is 10.3 Å². The van der Waals surface area contributed by atoms with Crippen LogP contribution in [-0.4, -0.2) is 19.1 Å². The maximum Gasteiger partial charge on any atom is 0.0879 e. The molecule has 260 valence electrons. The quantitative estimate of drug-likeness (QED) is 0.119. The fraction of sp³-hybridized carbons (Fsp3) is 0.0816. The summed E-state index contributed by atoms with van der Waals surface area (Å²) in [5, 5.41) is 10.2. The second-order valence-electron chi connectivity index (χ2n) is 12.9. The number of hydrogen-bond acceptors (Lipinski definition) is 4. The van der Waals surface area contributed by atoms with E-state index in [1.54, 1.807) is 0 Å². The Balaban J connectivity index is 1.24. The number of nitrogens with zero attached hydrogens (tertiary/aromatic N) is 1. The van der Waals surface area contributed by atoms with Gasteiger partial charge in [0, 0.05) is 36.7 Å². The number of anilines is 2. The lowest BCUT2D eigenvalue weighted by Crippen LogP contribution is -2.22. The van der Waals surface area contributed by atoms with Gasteiger partial charge in [-0.25, -0.2) is 0 Å². The van der Waals surface area contributed by atoms with E-state index in [9.17, 15) is 0 Å². The Bertz CT molecular complexity index is 2310. The molecule has 4 nitrogen and oxygen atoms in total. The Morgan fingerprint density at radius 2 is 1.23 bits per heavy atom. The van der Waals surface area contributed by atoms with Gasteiger partial charge in [-0.05, 0) is 112 Å². The molecule has 3 N–H and O–H groups in total. The van der Waals surface area contributed by atoms with Crippen molar-refractivity contribution in [3.63, 3.8) is 0 Å². The molecule has 1 aliphatic heterocycles. The molecule has 0 radical (unpaired) electrons. The van der Waals surface area contributed by atoms with E-state index in [0.29, 0.717) is 0 Å². The lowest BCUT2D eigenvalue weighted by atomic mass is 9.94. The van der Waals surface area contributed by atoms with E-state index in [4.69, 9.17) is 4.98 Å². The molecule has 0 saturated carbocycles. The molecule has 1 unspecified atom stereocenters. The second-order valence-corrected chi connectivity index (χ2v) is 12.9. The van der Waals surface area contributed by atoms with Crippen LogP contribution in [0.4, 0.5) is 11.4 Å². The summed E-state index contributed by atoms with van der Waals surface area (Å²) in [7, 11) is 3.88. The average molecular weight is 689 g/mol. The zero-order valence-corrected chi connectivity index (χ0v) is 30.4. The van der Waals surface area contributed by atoms with Crippen LogP contribution in [0.1, 0.15) is 29.8 Å². The van der Waals surface area contributed by atoms with Crippen molar-refractivity contribution in [3.05, 3.63) is 211 Å². The minimum atomic E-state index is -0.157. The summed E-state index contributed by atoms with van der Waals surface area (Å²) >= 11 is 0. The van der Waals surface area contributed by atoms with Gasteiger partial charge in [-0.3, -0.25) is 4.98 Å². The third-order valence-electron chi connectivity index (χ3n) is 9.50. The Labute approximate surface area is 313 Å². The highest BCUT2D eigenvalue weighted by Crippen LogP contribution is 2.34. The van der Waals surface area contributed by atoms with Crippen LogP contribution in [0.5, 0.6) is 0 Å². The van der Waals surface area contributed by atoms with Crippen molar-refractivity contribution in [2.45, 2.75) is 13.0 Å². The summed E-state index contributed by atoms with van der Waals surface area (Å²) in [4.78, 5) is 5.36. The minimum Gasteiger partial charge on any atom is -0.388 e. The van der Waals surface area contributed by atoms with Gasteiger partial charge in [-0.15, -0.1) is 0 Å². The Morgan fingerprint density at radius 1 is 0.604 bits per heavy atom. The van der Waals surface area contributed by atoms with Crippen LogP contribution < -0.4 is 16.0 Å². The van der Waals surface area contributed by atoms with E-state index in [1.165, 1.54) is 16.7 Å². The smallest absolute Gasteiger partial charge is 0.0879 e. The fourth-order valence-corrected chi connectivity index (χ4v) is 6.57. The molecular formula is C49H44N4. The topological polar surface area (TPSA) is 49.0 Å². The fourth-order valence-electron chi connectivity index (χ4n) is 6.57. The predicted molar refractivity (Wildman–Crippen MR) is 226 cm³/mol. The number of benzene rings is 5. The zero-order valence-electron chi connectivity index (χ0n) is 30.4. The first kappa shape index (κ1) is 34.8. The first-order chi connectivity index (χ1) is 26.1. The van der Waals surface area contributed by atoms with Crippen LogP contribution in [0.25, 0.3) is 44.7 Å². The van der Waals surface area contributed by atoms with E-state index in [0.717, 1.165) is 61.9 Å². The molecule has 0 fully saturated rings. The van der Waals surface area contributed by atoms with Gasteiger partial charge in [0.1, 0.15) is 0 Å². The number of rotatable bonds is 11. The summed E-state index contributed by atoms with van der Waals surface area (Å²) in [5.41, 5.74) is 15.4. The standard InChI is InChI=1S/C49H44N4/c1-4-35(38-22-26-44(50-2)27-23-38)14-11-12-21-46-31-42(36-15-7-5-8-16-36)33-48(52-46)49-34-43(37-17-9-6-10-18-37)32-47(53-49)41-20-13-19-40(30-41)39-24-28-45(51-3)29-25-39/h4-34,48,50-52H,1-3H3/b14-11-,21-12+,35-4+. The first-order valence-corrected chi connectivity index (χ1v) is 18.1. The van der Waals surface area contributed by atoms with Crippen LogP contribution >= 0.6 is 0 Å². The lowest BCUT2D eigenvalue weighted by molar-refractivity contribution is 0.701. The largest absolute Gasteiger partial charge is 0.388 e. The van der Waals surface area contributed by atoms with Crippen molar-refractivity contribution in [2.75, 3.05) is 24.7 Å². The molecule has 5 aromatic carbocycles. The van der Waals surface area contributed by atoms with Crippen LogP contribution in [0.15, 0.2) is 194 Å². The van der Waals surface area contributed by atoms with Crippen molar-refractivity contribution < 1.29 is 0 Å². The Hall–Kier alpha value is -6.65. The highest BCUT2D eigenvalue weighted by Gasteiger charge is 2.20. The molecule has 6 aromatic rings. The molecule has 1 aliphatic rings. The summed E-state index contributed by atoms with van der Waals surface area (Å²) < 4.78 is 0. The van der Waals surface area contributed by atoms with E-state index in [2.05, 4.69) is 211 Å². The van der Waals surface area contributed by atoms with Crippen molar-refractivity contribution >= 4 is 22.5 Å². The van der Waals surface area contributed by atoms with Gasteiger partial charge < -0.3 is 16.0 Å². The molecule has 7 rings (SSSR count). The van der Waals surface area contributed by atoms with E-state index in [-0.39, 0.29) is 6.04 Å². The van der Waals surface area contributed by atoms with Crippen molar-refractivity contribution in [2.24, 2.45) is 0 Å². The number of allylic oxidation sites excluding steroid dienone is 8. The molecule has 53 heavy (non-hydrogen) atoms. The first-order valence-electron chi connectivity index (χ1n) is 18.1. The molecular weight excluding hydrogens is 645 g/mol. The highest BCUT2D eigenvalue weighted by molar-refractivity contribution is 5.79. The summed E-state index contributed by atoms with van der Waals surface area (Å²) in [6.07, 6.45) is 15.1. The molecule has 0 amide bonds. The summed E-state index contributed by atoms with van der Waals surface area (Å²) in [6.45, 7) is 2.07. The van der Waals surface area contributed by atoms with Crippen LogP contribution in [0, 0.1) is 0 Å². The normalized spacial score (nSPS) is 14.5. The van der Waals surface area contributed by atoms with E-state index in [1.807, 2.05) is 14.1 Å². The third-order valence-corrected chi connectivity index (χ3v) is 9.50. The van der Waals surface area contributed by atoms with E-state index >= 15 is 0 Å². The number of hydrogen-bond donors (Lipinski definition) is 3. The van der Waals surface area contributed by atoms with Crippen molar-refractivity contribution in [3.8, 4) is 33.5 Å². The van der Waals surface area contributed by atoms with Gasteiger partial charge >= 0.3 is 0 Å². The second kappa shape index (κ2) is 16.6. The van der Waals surface area contributed by atoms with Crippen LogP contribution in [0.2, 0.25) is 0 Å². The monoisotopic (exact) mass is 688 g/mol. The predicted octanol–water partition coefficient (Wildman–Crippen LogP) is 12.0. The maximum absolute atomic E-state index is 5.36. The van der Waals surface area contributed by atoms with Gasteiger partial charge in [0.05, 0.1) is 17.4 Å². The average Bonchev–Trinajstić information content (AvgIpc) is 3.24. The zero-order chi connectivity index (χ0) is 36.4. The SMILES string of the molecule is C\C=C(/C=C\C=C\C1=CC(c2ccccc2)=CC(c2cc(-c3ccccc3)cc(-c3cccc(-c4ccc(NC)cc4)c3)n2)N1)c1ccc(NC)cc1. The maximum atomic E-state index is 5.36. The summed E-state index contributed by atoms with van der Waals surface area (Å²) in [6, 6.07) is 51.1. The number of dihydropyridines is 1. The van der Waals surface area contributed by atoms with Crippen molar-refractivity contribution in [1.29, 1.82) is 0 Å². The number of aromatic nitrogens is 1. The third kappa shape index (κ3) is 8.46. The van der Waals surface area contributed by atoms with Crippen LogP contribution in [-0.2, 0) is 0 Å². The molecule has 0 spiro atoms. The summed E-state index contributed by atoms with van der Waals surface area (Å²) in [5.74, 6) is 0.